The highest BCUT2D eigenvalue weighted by Crippen LogP contribution is 2.21. The number of hydrogen-bond acceptors (Lipinski definition) is 2. The second kappa shape index (κ2) is 6.80. The molecule has 2 N–H and O–H groups in total. The summed E-state index contributed by atoms with van der Waals surface area (Å²) < 4.78 is 13.4. The minimum Gasteiger partial charge on any atom is -0.321 e. The number of aryl methyl sites for hydroxylation is 1. The Morgan fingerprint density at radius 1 is 1.40 bits per heavy atom. The average Bonchev–Trinajstić information content (AvgIpc) is 2.36. The third-order valence-corrected chi connectivity index (χ3v) is 3.21. The summed E-state index contributed by atoms with van der Waals surface area (Å²) in [6.45, 7) is 9.73. The lowest BCUT2D eigenvalue weighted by molar-refractivity contribution is 0.618. The predicted octanol–water partition coefficient (Wildman–Crippen LogP) is 4.47. The Morgan fingerprint density at radius 3 is 2.50 bits per heavy atom. The molecule has 0 unspecified atom stereocenters. The van der Waals surface area contributed by atoms with E-state index in [0.29, 0.717) is 5.56 Å². The molecule has 0 aromatic heterocycles. The lowest BCUT2D eigenvalue weighted by Gasteiger charge is -2.22. The van der Waals surface area contributed by atoms with Crippen molar-refractivity contribution >= 4 is 11.4 Å². The number of nitrogens with two attached hydrogens (primary N) is 1. The standard InChI is InChI=1S/C17H25FN2/c1-6-8-16(17(4,5)19)20-15(7-2)13-9-10-14(18)12(3)11-13/h7,9-11H,6,8,19H2,1-5H3/b15-7-,20-16?. The van der Waals surface area contributed by atoms with E-state index in [0.717, 1.165) is 29.8 Å². The van der Waals surface area contributed by atoms with E-state index < -0.39 is 5.54 Å². The summed E-state index contributed by atoms with van der Waals surface area (Å²) in [5, 5.41) is 0. The summed E-state index contributed by atoms with van der Waals surface area (Å²) in [4.78, 5) is 4.73. The van der Waals surface area contributed by atoms with Crippen LogP contribution in [0.3, 0.4) is 0 Å². The molecular weight excluding hydrogens is 251 g/mol. The van der Waals surface area contributed by atoms with Crippen molar-refractivity contribution in [2.24, 2.45) is 10.7 Å². The first-order valence-electron chi connectivity index (χ1n) is 7.09. The molecule has 0 fully saturated rings. The number of allylic oxidation sites excluding steroid dienone is 1. The van der Waals surface area contributed by atoms with E-state index in [1.807, 2.05) is 32.9 Å². The molecule has 1 aromatic rings. The van der Waals surface area contributed by atoms with Gasteiger partial charge < -0.3 is 5.73 Å². The number of benzene rings is 1. The fourth-order valence-corrected chi connectivity index (χ4v) is 2.00. The Morgan fingerprint density at radius 2 is 2.05 bits per heavy atom. The smallest absolute Gasteiger partial charge is 0.126 e. The highest BCUT2D eigenvalue weighted by molar-refractivity contribution is 5.96. The van der Waals surface area contributed by atoms with Crippen LogP contribution in [0.2, 0.25) is 0 Å². The van der Waals surface area contributed by atoms with Gasteiger partial charge in [0.2, 0.25) is 0 Å². The van der Waals surface area contributed by atoms with Crippen molar-refractivity contribution in [2.75, 3.05) is 0 Å². The van der Waals surface area contributed by atoms with Crippen molar-refractivity contribution in [3.8, 4) is 0 Å². The number of aliphatic imine (C=N–C) groups is 1. The number of halogens is 1. The number of hydrogen-bond donors (Lipinski definition) is 1. The van der Waals surface area contributed by atoms with E-state index in [9.17, 15) is 4.39 Å². The largest absolute Gasteiger partial charge is 0.321 e. The van der Waals surface area contributed by atoms with Gasteiger partial charge >= 0.3 is 0 Å². The molecule has 1 aromatic carbocycles. The molecule has 110 valence electrons. The monoisotopic (exact) mass is 276 g/mol. The first-order valence-corrected chi connectivity index (χ1v) is 7.09. The molecule has 0 aliphatic rings. The summed E-state index contributed by atoms with van der Waals surface area (Å²) >= 11 is 0. The zero-order valence-corrected chi connectivity index (χ0v) is 13.1. The van der Waals surface area contributed by atoms with Gasteiger partial charge in [-0.05, 0) is 57.9 Å². The van der Waals surface area contributed by atoms with E-state index in [4.69, 9.17) is 10.7 Å². The van der Waals surface area contributed by atoms with Crippen LogP contribution in [-0.4, -0.2) is 11.3 Å². The summed E-state index contributed by atoms with van der Waals surface area (Å²) in [7, 11) is 0. The van der Waals surface area contributed by atoms with Crippen LogP contribution < -0.4 is 5.73 Å². The van der Waals surface area contributed by atoms with Gasteiger partial charge in [-0.15, -0.1) is 0 Å². The second-order valence-corrected chi connectivity index (χ2v) is 5.67. The van der Waals surface area contributed by atoms with Gasteiger partial charge in [0.1, 0.15) is 5.82 Å². The Hall–Kier alpha value is -1.48. The molecule has 1 rings (SSSR count). The van der Waals surface area contributed by atoms with Crippen molar-refractivity contribution in [2.45, 2.75) is 53.0 Å². The molecule has 0 atom stereocenters. The SMILES string of the molecule is C/C=C(\N=C(CCC)C(C)(C)N)c1ccc(F)c(C)c1. The minimum absolute atomic E-state index is 0.193. The topological polar surface area (TPSA) is 38.4 Å². The third-order valence-electron chi connectivity index (χ3n) is 3.21. The Kier molecular flexibility index (Phi) is 5.63. The maximum absolute atomic E-state index is 13.4. The van der Waals surface area contributed by atoms with Gasteiger partial charge in [-0.25, -0.2) is 4.39 Å². The summed E-state index contributed by atoms with van der Waals surface area (Å²) in [5.74, 6) is -0.193. The molecule has 20 heavy (non-hydrogen) atoms. The van der Waals surface area contributed by atoms with Gasteiger partial charge in [-0.3, -0.25) is 4.99 Å². The summed E-state index contributed by atoms with van der Waals surface area (Å²) in [5.41, 5.74) is 9.09. The van der Waals surface area contributed by atoms with Crippen LogP contribution in [0.15, 0.2) is 29.3 Å². The predicted molar refractivity (Wildman–Crippen MR) is 85.4 cm³/mol. The van der Waals surface area contributed by atoms with E-state index in [-0.39, 0.29) is 5.82 Å². The van der Waals surface area contributed by atoms with Crippen LogP contribution in [0, 0.1) is 12.7 Å². The molecule has 0 spiro atoms. The van der Waals surface area contributed by atoms with Gasteiger partial charge in [-0.2, -0.15) is 0 Å². The molecule has 0 saturated heterocycles. The van der Waals surface area contributed by atoms with Crippen molar-refractivity contribution in [3.63, 3.8) is 0 Å². The Bertz CT molecular complexity index is 522. The minimum atomic E-state index is -0.445. The van der Waals surface area contributed by atoms with Crippen LogP contribution in [0.25, 0.3) is 5.70 Å². The molecule has 2 nitrogen and oxygen atoms in total. The fourth-order valence-electron chi connectivity index (χ4n) is 2.00. The van der Waals surface area contributed by atoms with Crippen molar-refractivity contribution in [3.05, 3.63) is 41.2 Å². The third kappa shape index (κ3) is 4.27. The van der Waals surface area contributed by atoms with Gasteiger partial charge in [-0.1, -0.05) is 19.4 Å². The quantitative estimate of drug-likeness (QED) is 0.791. The summed E-state index contributed by atoms with van der Waals surface area (Å²) in [6, 6.07) is 5.06. The zero-order chi connectivity index (χ0) is 15.3. The van der Waals surface area contributed by atoms with Gasteiger partial charge in [0, 0.05) is 16.8 Å². The van der Waals surface area contributed by atoms with Crippen LogP contribution in [0.1, 0.15) is 51.7 Å². The second-order valence-electron chi connectivity index (χ2n) is 5.67. The van der Waals surface area contributed by atoms with Gasteiger partial charge in [0.25, 0.3) is 0 Å². The van der Waals surface area contributed by atoms with Gasteiger partial charge in [0.05, 0.1) is 5.70 Å². The maximum atomic E-state index is 13.4. The van der Waals surface area contributed by atoms with Crippen molar-refractivity contribution < 1.29 is 4.39 Å². The van der Waals surface area contributed by atoms with E-state index in [2.05, 4.69) is 6.92 Å². The van der Waals surface area contributed by atoms with Crippen molar-refractivity contribution in [1.82, 2.24) is 0 Å². The van der Waals surface area contributed by atoms with Crippen LogP contribution in [0.5, 0.6) is 0 Å². The normalized spacial score (nSPS) is 13.8. The molecule has 0 bridgehead atoms. The maximum Gasteiger partial charge on any atom is 0.126 e. The van der Waals surface area contributed by atoms with Crippen LogP contribution in [-0.2, 0) is 0 Å². The van der Waals surface area contributed by atoms with Gasteiger partial charge in [0.15, 0.2) is 0 Å². The van der Waals surface area contributed by atoms with Crippen molar-refractivity contribution in [1.29, 1.82) is 0 Å². The molecule has 0 amide bonds. The average molecular weight is 276 g/mol. The Labute approximate surface area is 121 Å². The lowest BCUT2D eigenvalue weighted by atomic mass is 9.95. The molecule has 3 heteroatoms. The Balaban J connectivity index is 3.21. The first-order chi connectivity index (χ1) is 9.29. The molecule has 0 saturated carbocycles. The van der Waals surface area contributed by atoms with Crippen LogP contribution in [0.4, 0.5) is 4.39 Å². The molecular formula is C17H25FN2. The molecule has 0 aliphatic heterocycles. The zero-order valence-electron chi connectivity index (χ0n) is 13.1. The molecule has 0 heterocycles. The lowest BCUT2D eigenvalue weighted by Crippen LogP contribution is -2.41. The fraction of sp³-hybridized carbons (Fsp3) is 0.471. The van der Waals surface area contributed by atoms with E-state index in [1.165, 1.54) is 6.07 Å². The highest BCUT2D eigenvalue weighted by atomic mass is 19.1. The highest BCUT2D eigenvalue weighted by Gasteiger charge is 2.19. The van der Waals surface area contributed by atoms with E-state index >= 15 is 0 Å². The summed E-state index contributed by atoms with van der Waals surface area (Å²) in [6.07, 6.45) is 3.80. The molecule has 0 aliphatic carbocycles. The van der Waals surface area contributed by atoms with Crippen LogP contribution >= 0.6 is 0 Å². The number of rotatable bonds is 5. The first kappa shape index (κ1) is 16.6. The van der Waals surface area contributed by atoms with E-state index in [1.54, 1.807) is 13.0 Å². The number of nitrogens with zero attached hydrogens (tertiary/aromatic N) is 1. The molecule has 0 radical (unpaired) electrons.